The summed E-state index contributed by atoms with van der Waals surface area (Å²) in [6.45, 7) is -0.328. The molecule has 0 aromatic carbocycles. The van der Waals surface area contributed by atoms with Crippen LogP contribution in [0.15, 0.2) is 0 Å². The predicted octanol–water partition coefficient (Wildman–Crippen LogP) is -1.85. The molecule has 0 aliphatic carbocycles. The summed E-state index contributed by atoms with van der Waals surface area (Å²) >= 11 is 0. The second kappa shape index (κ2) is 6.97. The Morgan fingerprint density at radius 2 is 1.95 bits per heavy atom. The molecule has 0 radical (unpaired) electrons. The molecule has 1 heterocycles. The number of aliphatic carboxylic acids is 1. The van der Waals surface area contributed by atoms with Crippen LogP contribution in [-0.4, -0.2) is 67.7 Å². The fourth-order valence-electron chi connectivity index (χ4n) is 1.86. The Balaban J connectivity index is 2.50. The first-order valence-corrected chi connectivity index (χ1v) is 7.45. The van der Waals surface area contributed by atoms with Crippen LogP contribution >= 0.6 is 0 Å². The number of carboxylic acids is 1. The molecule has 0 amide bonds. The molecule has 1 aliphatic rings. The number of carboxylic acid groups (broad SMARTS) is 1. The smallest absolute Gasteiger partial charge is 0.333 e. The Labute approximate surface area is 116 Å². The summed E-state index contributed by atoms with van der Waals surface area (Å²) in [5, 5.41) is 17.5. The van der Waals surface area contributed by atoms with Crippen molar-refractivity contribution in [1.29, 1.82) is 0 Å². The average Bonchev–Trinajstić information content (AvgIpc) is 2.44. The summed E-state index contributed by atoms with van der Waals surface area (Å²) in [5.41, 5.74) is 0. The van der Waals surface area contributed by atoms with Crippen molar-refractivity contribution in [3.63, 3.8) is 0 Å². The van der Waals surface area contributed by atoms with E-state index in [0.29, 0.717) is 12.8 Å². The van der Waals surface area contributed by atoms with Crippen molar-refractivity contribution in [2.45, 2.75) is 18.9 Å². The molecular formula is C10H18N2O7S. The van der Waals surface area contributed by atoms with E-state index in [-0.39, 0.29) is 25.0 Å². The van der Waals surface area contributed by atoms with Crippen molar-refractivity contribution < 1.29 is 33.0 Å². The van der Waals surface area contributed by atoms with E-state index in [2.05, 4.69) is 4.74 Å². The quantitative estimate of drug-likeness (QED) is 0.490. The van der Waals surface area contributed by atoms with Crippen LogP contribution in [-0.2, 0) is 24.5 Å². The number of rotatable bonds is 6. The molecule has 0 unspecified atom stereocenters. The van der Waals surface area contributed by atoms with Gasteiger partial charge in [0.2, 0.25) is 0 Å². The number of piperidine rings is 1. The van der Waals surface area contributed by atoms with Crippen LogP contribution in [0.3, 0.4) is 0 Å². The third-order valence-corrected chi connectivity index (χ3v) is 4.65. The van der Waals surface area contributed by atoms with Gasteiger partial charge in [-0.05, 0) is 12.8 Å². The van der Waals surface area contributed by atoms with Gasteiger partial charge in [0.05, 0.1) is 13.0 Å². The number of nitrogens with zero attached hydrogens (tertiary/aromatic N) is 1. The third kappa shape index (κ3) is 4.40. The van der Waals surface area contributed by atoms with Crippen molar-refractivity contribution in [3.8, 4) is 0 Å². The van der Waals surface area contributed by atoms with Gasteiger partial charge >= 0.3 is 11.9 Å². The number of hydrogen-bond acceptors (Lipinski definition) is 6. The maximum Gasteiger partial charge on any atom is 0.333 e. The lowest BCUT2D eigenvalue weighted by molar-refractivity contribution is -0.147. The average molecular weight is 310 g/mol. The Hall–Kier alpha value is -1.23. The Kier molecular flexibility index (Phi) is 5.87. The van der Waals surface area contributed by atoms with Gasteiger partial charge in [-0.25, -0.2) is 4.79 Å². The number of carbonyl (C=O) groups excluding carboxylic acids is 1. The zero-order valence-corrected chi connectivity index (χ0v) is 11.8. The molecular weight excluding hydrogens is 292 g/mol. The van der Waals surface area contributed by atoms with Crippen LogP contribution in [0.1, 0.15) is 12.8 Å². The van der Waals surface area contributed by atoms with E-state index >= 15 is 0 Å². The predicted molar refractivity (Wildman–Crippen MR) is 66.9 cm³/mol. The molecule has 9 nitrogen and oxygen atoms in total. The van der Waals surface area contributed by atoms with Crippen LogP contribution in [0.5, 0.6) is 0 Å². The van der Waals surface area contributed by atoms with Crippen LogP contribution in [0.25, 0.3) is 0 Å². The summed E-state index contributed by atoms with van der Waals surface area (Å²) in [6, 6.07) is 0. The minimum Gasteiger partial charge on any atom is -0.479 e. The zero-order chi connectivity index (χ0) is 15.3. The summed E-state index contributed by atoms with van der Waals surface area (Å²) in [4.78, 5) is 21.7. The Bertz CT molecular complexity index is 456. The van der Waals surface area contributed by atoms with E-state index in [1.54, 1.807) is 0 Å². The van der Waals surface area contributed by atoms with E-state index in [0.717, 1.165) is 4.31 Å². The fraction of sp³-hybridized carbons (Fsp3) is 0.800. The number of methoxy groups -OCH3 is 1. The SMILES string of the molecule is COC(=O)C1CCN(S(=O)(=O)NC[C@H](O)C(=O)O)CC1. The number of esters is 1. The topological polar surface area (TPSA) is 133 Å². The van der Waals surface area contributed by atoms with E-state index < -0.39 is 28.8 Å². The van der Waals surface area contributed by atoms with Crippen LogP contribution in [0.2, 0.25) is 0 Å². The first-order chi connectivity index (χ1) is 9.27. The Morgan fingerprint density at radius 3 is 2.40 bits per heavy atom. The number of carbonyl (C=O) groups is 2. The lowest BCUT2D eigenvalue weighted by Gasteiger charge is -2.29. The highest BCUT2D eigenvalue weighted by Gasteiger charge is 2.32. The van der Waals surface area contributed by atoms with Gasteiger partial charge in [-0.3, -0.25) is 4.79 Å². The first kappa shape index (κ1) is 16.8. The minimum atomic E-state index is -3.86. The molecule has 0 aromatic rings. The molecule has 20 heavy (non-hydrogen) atoms. The molecule has 0 bridgehead atoms. The highest BCUT2D eigenvalue weighted by Crippen LogP contribution is 2.20. The number of nitrogens with one attached hydrogen (secondary N) is 1. The molecule has 1 atom stereocenters. The molecule has 1 rings (SSSR count). The van der Waals surface area contributed by atoms with Gasteiger partial charge in [0.15, 0.2) is 6.10 Å². The maximum atomic E-state index is 11.9. The van der Waals surface area contributed by atoms with Crippen molar-refractivity contribution in [2.75, 3.05) is 26.7 Å². The van der Waals surface area contributed by atoms with Crippen molar-refractivity contribution in [3.05, 3.63) is 0 Å². The molecule has 116 valence electrons. The summed E-state index contributed by atoms with van der Waals surface area (Å²) < 4.78 is 31.4. The highest BCUT2D eigenvalue weighted by molar-refractivity contribution is 7.87. The van der Waals surface area contributed by atoms with E-state index in [1.165, 1.54) is 7.11 Å². The van der Waals surface area contributed by atoms with E-state index in [4.69, 9.17) is 10.2 Å². The van der Waals surface area contributed by atoms with E-state index in [9.17, 15) is 18.0 Å². The van der Waals surface area contributed by atoms with Crippen LogP contribution < -0.4 is 4.72 Å². The molecule has 0 aromatic heterocycles. The number of aliphatic hydroxyl groups is 1. The molecule has 10 heteroatoms. The fourth-order valence-corrected chi connectivity index (χ4v) is 3.10. The normalized spacial score (nSPS) is 19.5. The third-order valence-electron chi connectivity index (χ3n) is 3.07. The number of ether oxygens (including phenoxy) is 1. The molecule has 3 N–H and O–H groups in total. The summed E-state index contributed by atoms with van der Waals surface area (Å²) in [7, 11) is -2.58. The van der Waals surface area contributed by atoms with Crippen molar-refractivity contribution in [1.82, 2.24) is 9.03 Å². The van der Waals surface area contributed by atoms with Gasteiger partial charge < -0.3 is 14.9 Å². The van der Waals surface area contributed by atoms with Gasteiger partial charge in [-0.15, -0.1) is 0 Å². The van der Waals surface area contributed by atoms with Crippen LogP contribution in [0, 0.1) is 5.92 Å². The molecule has 1 aliphatic heterocycles. The molecule has 1 fully saturated rings. The first-order valence-electron chi connectivity index (χ1n) is 6.01. The van der Waals surface area contributed by atoms with Crippen molar-refractivity contribution >= 4 is 22.1 Å². The summed E-state index contributed by atoms with van der Waals surface area (Å²) in [6.07, 6.45) is -1.11. The van der Waals surface area contributed by atoms with Gasteiger partial charge in [0, 0.05) is 19.6 Å². The minimum absolute atomic E-state index is 0.137. The van der Waals surface area contributed by atoms with Gasteiger partial charge in [0.25, 0.3) is 10.2 Å². The second-order valence-electron chi connectivity index (χ2n) is 4.40. The van der Waals surface area contributed by atoms with E-state index in [1.807, 2.05) is 4.72 Å². The van der Waals surface area contributed by atoms with Crippen molar-refractivity contribution in [2.24, 2.45) is 5.92 Å². The maximum absolute atomic E-state index is 11.9. The standard InChI is InChI=1S/C10H18N2O7S/c1-19-10(16)7-2-4-12(5-3-7)20(17,18)11-6-8(13)9(14)15/h7-8,11,13H,2-6H2,1H3,(H,14,15)/t8-/m0/s1. The number of hydrogen-bond donors (Lipinski definition) is 3. The second-order valence-corrected chi connectivity index (χ2v) is 6.16. The highest BCUT2D eigenvalue weighted by atomic mass is 32.2. The van der Waals surface area contributed by atoms with Gasteiger partial charge in [0.1, 0.15) is 0 Å². The Morgan fingerprint density at radius 1 is 1.40 bits per heavy atom. The van der Waals surface area contributed by atoms with Crippen LogP contribution in [0.4, 0.5) is 0 Å². The molecule has 0 spiro atoms. The zero-order valence-electron chi connectivity index (χ0n) is 11.0. The number of aliphatic hydroxyl groups excluding tert-OH is 1. The lowest BCUT2D eigenvalue weighted by Crippen LogP contribution is -2.48. The largest absolute Gasteiger partial charge is 0.479 e. The monoisotopic (exact) mass is 310 g/mol. The van der Waals surface area contributed by atoms with Gasteiger partial charge in [-0.1, -0.05) is 0 Å². The lowest BCUT2D eigenvalue weighted by atomic mass is 9.99. The summed E-state index contributed by atoms with van der Waals surface area (Å²) in [5.74, 6) is -2.19. The van der Waals surface area contributed by atoms with Gasteiger partial charge in [-0.2, -0.15) is 17.4 Å². The molecule has 0 saturated carbocycles. The molecule has 1 saturated heterocycles.